The van der Waals surface area contributed by atoms with Gasteiger partial charge in [-0.25, -0.2) is 0 Å². The molecule has 0 heterocycles. The van der Waals surface area contributed by atoms with E-state index in [1.54, 1.807) is 11.8 Å². The minimum atomic E-state index is 0.224. The zero-order chi connectivity index (χ0) is 9.10. The van der Waals surface area contributed by atoms with Crippen molar-refractivity contribution < 1.29 is 4.79 Å². The first-order chi connectivity index (χ1) is 6.36. The molecule has 1 saturated carbocycles. The van der Waals surface area contributed by atoms with Crippen molar-refractivity contribution >= 4 is 17.5 Å². The van der Waals surface area contributed by atoms with Crippen LogP contribution in [0.5, 0.6) is 0 Å². The quantitative estimate of drug-likeness (QED) is 0.716. The van der Waals surface area contributed by atoms with Crippen LogP contribution in [-0.4, -0.2) is 11.0 Å². The van der Waals surface area contributed by atoms with Gasteiger partial charge in [-0.15, -0.1) is 11.8 Å². The molecular weight excluding hydrogens is 180 g/mol. The zero-order valence-corrected chi connectivity index (χ0v) is 8.22. The highest BCUT2D eigenvalue weighted by Gasteiger charge is 2.24. The van der Waals surface area contributed by atoms with Crippen LogP contribution in [0.2, 0.25) is 0 Å². The monoisotopic (exact) mass is 192 g/mol. The molecule has 0 bridgehead atoms. The van der Waals surface area contributed by atoms with Crippen LogP contribution in [0.1, 0.15) is 19.3 Å². The standard InChI is InChI=1S/C11H12OS/c12-10-7-4-8-11(10)13-9-5-2-1-3-6-9/h1-3,5-6,11H,4,7-8H2/t11-/m0/s1. The molecule has 2 rings (SSSR count). The molecule has 0 unspecified atom stereocenters. The van der Waals surface area contributed by atoms with E-state index in [0.717, 1.165) is 19.3 Å². The summed E-state index contributed by atoms with van der Waals surface area (Å²) in [5, 5.41) is 0.224. The third-order valence-corrected chi connectivity index (χ3v) is 3.60. The van der Waals surface area contributed by atoms with Gasteiger partial charge in [0.25, 0.3) is 0 Å². The summed E-state index contributed by atoms with van der Waals surface area (Å²) in [6.45, 7) is 0. The summed E-state index contributed by atoms with van der Waals surface area (Å²) >= 11 is 1.71. The number of carbonyl (C=O) groups excluding carboxylic acids is 1. The number of hydrogen-bond acceptors (Lipinski definition) is 2. The van der Waals surface area contributed by atoms with Crippen LogP contribution in [0.25, 0.3) is 0 Å². The molecule has 1 fully saturated rings. The van der Waals surface area contributed by atoms with E-state index in [2.05, 4.69) is 12.1 Å². The van der Waals surface area contributed by atoms with Crippen LogP contribution in [0.4, 0.5) is 0 Å². The minimum absolute atomic E-state index is 0.224. The highest BCUT2D eigenvalue weighted by atomic mass is 32.2. The molecular formula is C11H12OS. The molecule has 0 N–H and O–H groups in total. The SMILES string of the molecule is O=C1CCC[C@@H]1Sc1ccccc1. The maximum Gasteiger partial charge on any atom is 0.146 e. The van der Waals surface area contributed by atoms with Crippen LogP contribution in [0.3, 0.4) is 0 Å². The summed E-state index contributed by atoms with van der Waals surface area (Å²) in [7, 11) is 0. The molecule has 0 aliphatic heterocycles. The molecule has 1 aliphatic carbocycles. The van der Waals surface area contributed by atoms with Gasteiger partial charge in [0.2, 0.25) is 0 Å². The molecule has 1 nitrogen and oxygen atoms in total. The maximum atomic E-state index is 11.4. The molecule has 2 heteroatoms. The fraction of sp³-hybridized carbons (Fsp3) is 0.364. The molecule has 13 heavy (non-hydrogen) atoms. The second-order valence-electron chi connectivity index (χ2n) is 3.28. The first-order valence-electron chi connectivity index (χ1n) is 4.61. The van der Waals surface area contributed by atoms with E-state index in [-0.39, 0.29) is 5.25 Å². The zero-order valence-electron chi connectivity index (χ0n) is 7.40. The third kappa shape index (κ3) is 2.13. The minimum Gasteiger partial charge on any atom is -0.298 e. The Morgan fingerprint density at radius 1 is 1.23 bits per heavy atom. The number of benzene rings is 1. The van der Waals surface area contributed by atoms with Crippen molar-refractivity contribution in [3.8, 4) is 0 Å². The van der Waals surface area contributed by atoms with Crippen molar-refractivity contribution in [3.05, 3.63) is 30.3 Å². The van der Waals surface area contributed by atoms with Crippen LogP contribution < -0.4 is 0 Å². The molecule has 0 amide bonds. The van der Waals surface area contributed by atoms with E-state index < -0.39 is 0 Å². The average Bonchev–Trinajstić information content (AvgIpc) is 2.54. The molecule has 0 radical (unpaired) electrons. The van der Waals surface area contributed by atoms with Crippen molar-refractivity contribution in [1.82, 2.24) is 0 Å². The Bertz CT molecular complexity index is 294. The smallest absolute Gasteiger partial charge is 0.146 e. The lowest BCUT2D eigenvalue weighted by atomic mass is 10.3. The lowest BCUT2D eigenvalue weighted by molar-refractivity contribution is -0.116. The highest BCUT2D eigenvalue weighted by molar-refractivity contribution is 8.00. The van der Waals surface area contributed by atoms with Crippen LogP contribution in [0, 0.1) is 0 Å². The second kappa shape index (κ2) is 3.97. The summed E-state index contributed by atoms with van der Waals surface area (Å²) in [5.74, 6) is 0.425. The lowest BCUT2D eigenvalue weighted by Crippen LogP contribution is -2.07. The van der Waals surface area contributed by atoms with Gasteiger partial charge in [0.15, 0.2) is 0 Å². The summed E-state index contributed by atoms with van der Waals surface area (Å²) < 4.78 is 0. The van der Waals surface area contributed by atoms with Gasteiger partial charge in [0.05, 0.1) is 5.25 Å². The fourth-order valence-corrected chi connectivity index (χ4v) is 2.75. The van der Waals surface area contributed by atoms with Gasteiger partial charge in [-0.2, -0.15) is 0 Å². The lowest BCUT2D eigenvalue weighted by Gasteiger charge is -2.06. The molecule has 68 valence electrons. The van der Waals surface area contributed by atoms with E-state index >= 15 is 0 Å². The van der Waals surface area contributed by atoms with Crippen molar-refractivity contribution in [2.24, 2.45) is 0 Å². The Kier molecular flexibility index (Phi) is 2.69. The topological polar surface area (TPSA) is 17.1 Å². The molecule has 0 spiro atoms. The predicted octanol–water partition coefficient (Wildman–Crippen LogP) is 2.90. The molecule has 1 aromatic carbocycles. The fourth-order valence-electron chi connectivity index (χ4n) is 1.57. The Morgan fingerprint density at radius 3 is 2.62 bits per heavy atom. The number of Topliss-reactive ketones (excluding diaryl/α,β-unsaturated/α-hetero) is 1. The van der Waals surface area contributed by atoms with Crippen LogP contribution in [-0.2, 0) is 4.79 Å². The number of rotatable bonds is 2. The van der Waals surface area contributed by atoms with Gasteiger partial charge in [-0.1, -0.05) is 18.2 Å². The largest absolute Gasteiger partial charge is 0.298 e. The van der Waals surface area contributed by atoms with E-state index in [9.17, 15) is 4.79 Å². The van der Waals surface area contributed by atoms with Gasteiger partial charge in [-0.3, -0.25) is 4.79 Å². The first-order valence-corrected chi connectivity index (χ1v) is 5.48. The van der Waals surface area contributed by atoms with E-state index in [1.165, 1.54) is 4.90 Å². The summed E-state index contributed by atoms with van der Waals surface area (Å²) in [4.78, 5) is 12.6. The first kappa shape index (κ1) is 8.82. The van der Waals surface area contributed by atoms with E-state index in [4.69, 9.17) is 0 Å². The van der Waals surface area contributed by atoms with Gasteiger partial charge in [0.1, 0.15) is 5.78 Å². The Morgan fingerprint density at radius 2 is 2.00 bits per heavy atom. The normalized spacial score (nSPS) is 22.2. The molecule has 0 aromatic heterocycles. The van der Waals surface area contributed by atoms with Gasteiger partial charge < -0.3 is 0 Å². The van der Waals surface area contributed by atoms with Crippen LogP contribution in [0.15, 0.2) is 35.2 Å². The Balaban J connectivity index is 2.02. The third-order valence-electron chi connectivity index (χ3n) is 2.27. The number of thioether (sulfide) groups is 1. The Labute approximate surface area is 82.5 Å². The average molecular weight is 192 g/mol. The van der Waals surface area contributed by atoms with Crippen LogP contribution >= 0.6 is 11.8 Å². The van der Waals surface area contributed by atoms with E-state index in [0.29, 0.717) is 5.78 Å². The van der Waals surface area contributed by atoms with Crippen molar-refractivity contribution in [3.63, 3.8) is 0 Å². The molecule has 0 saturated heterocycles. The van der Waals surface area contributed by atoms with Crippen molar-refractivity contribution in [2.75, 3.05) is 0 Å². The van der Waals surface area contributed by atoms with Gasteiger partial charge >= 0.3 is 0 Å². The predicted molar refractivity (Wildman–Crippen MR) is 54.9 cm³/mol. The maximum absolute atomic E-state index is 11.4. The summed E-state index contributed by atoms with van der Waals surface area (Å²) in [5.41, 5.74) is 0. The van der Waals surface area contributed by atoms with E-state index in [1.807, 2.05) is 18.2 Å². The molecule has 1 atom stereocenters. The summed E-state index contributed by atoms with van der Waals surface area (Å²) in [6.07, 6.45) is 2.91. The number of ketones is 1. The molecule has 1 aromatic rings. The number of hydrogen-bond donors (Lipinski definition) is 0. The van der Waals surface area contributed by atoms with Gasteiger partial charge in [-0.05, 0) is 25.0 Å². The van der Waals surface area contributed by atoms with Crippen molar-refractivity contribution in [1.29, 1.82) is 0 Å². The highest BCUT2D eigenvalue weighted by Crippen LogP contribution is 2.31. The molecule has 1 aliphatic rings. The Hall–Kier alpha value is -0.760. The number of carbonyl (C=O) groups is 1. The van der Waals surface area contributed by atoms with Crippen molar-refractivity contribution in [2.45, 2.75) is 29.4 Å². The summed E-state index contributed by atoms with van der Waals surface area (Å²) in [6, 6.07) is 10.2. The van der Waals surface area contributed by atoms with Gasteiger partial charge in [0, 0.05) is 11.3 Å². The second-order valence-corrected chi connectivity index (χ2v) is 4.55.